The molecular formula is C21H23N3O2S. The number of hydrogen-bond donors (Lipinski definition) is 1. The molecule has 0 bridgehead atoms. The van der Waals surface area contributed by atoms with E-state index < -0.39 is 0 Å². The van der Waals surface area contributed by atoms with Crippen LogP contribution in [-0.4, -0.2) is 22.3 Å². The van der Waals surface area contributed by atoms with Crippen LogP contribution in [0.4, 0.5) is 5.13 Å². The summed E-state index contributed by atoms with van der Waals surface area (Å²) in [7, 11) is 0. The van der Waals surface area contributed by atoms with Crippen molar-refractivity contribution < 1.29 is 9.53 Å². The Kier molecular flexibility index (Phi) is 5.34. The summed E-state index contributed by atoms with van der Waals surface area (Å²) in [6.07, 6.45) is 8.97. The van der Waals surface area contributed by atoms with Crippen molar-refractivity contribution in [1.29, 1.82) is 0 Å². The molecule has 0 aliphatic heterocycles. The molecule has 140 valence electrons. The van der Waals surface area contributed by atoms with Gasteiger partial charge in [-0.15, -0.1) is 0 Å². The number of thiazole rings is 1. The molecule has 5 nitrogen and oxygen atoms in total. The second-order valence-electron chi connectivity index (χ2n) is 7.12. The van der Waals surface area contributed by atoms with Crippen LogP contribution in [0.1, 0.15) is 49.5 Å². The second kappa shape index (κ2) is 8.05. The Bertz CT molecular complexity index is 934. The van der Waals surface area contributed by atoms with E-state index in [0.717, 1.165) is 27.0 Å². The monoisotopic (exact) mass is 381 g/mol. The molecule has 6 heteroatoms. The lowest BCUT2D eigenvalue weighted by atomic mass is 9.85. The van der Waals surface area contributed by atoms with Crippen molar-refractivity contribution in [1.82, 2.24) is 9.97 Å². The molecule has 1 N–H and O–H groups in total. The molecule has 0 spiro atoms. The molecule has 3 aromatic rings. The van der Waals surface area contributed by atoms with E-state index in [1.807, 2.05) is 18.2 Å². The average Bonchev–Trinajstić information content (AvgIpc) is 3.10. The van der Waals surface area contributed by atoms with Gasteiger partial charge in [0.2, 0.25) is 0 Å². The standard InChI is InChI=1S/C21H23N3O2S/c1-14(15-5-3-2-4-6-15)23-21-24-19-8-7-17(12-20(19)27-21)26-18-9-10-22-16(11-18)13-25/h7-15H,2-6H2,1H3,(H,23,24). The van der Waals surface area contributed by atoms with Crippen LogP contribution in [0.5, 0.6) is 11.5 Å². The van der Waals surface area contributed by atoms with Gasteiger partial charge in [-0.3, -0.25) is 9.78 Å². The van der Waals surface area contributed by atoms with Gasteiger partial charge in [-0.25, -0.2) is 4.98 Å². The minimum atomic E-state index is 0.356. The molecule has 1 saturated carbocycles. The summed E-state index contributed by atoms with van der Waals surface area (Å²) in [6.45, 7) is 2.27. The lowest BCUT2D eigenvalue weighted by Crippen LogP contribution is -2.27. The Hall–Kier alpha value is -2.47. The maximum absolute atomic E-state index is 10.9. The highest BCUT2D eigenvalue weighted by Gasteiger charge is 2.20. The predicted octanol–water partition coefficient (Wildman–Crippen LogP) is 5.68. The zero-order valence-electron chi connectivity index (χ0n) is 15.4. The molecule has 27 heavy (non-hydrogen) atoms. The highest BCUT2D eigenvalue weighted by Crippen LogP contribution is 2.33. The molecule has 1 unspecified atom stereocenters. The van der Waals surface area contributed by atoms with E-state index in [0.29, 0.717) is 23.8 Å². The fraction of sp³-hybridized carbons (Fsp3) is 0.381. The molecule has 0 saturated heterocycles. The topological polar surface area (TPSA) is 64.1 Å². The smallest absolute Gasteiger partial charge is 0.184 e. The molecular weight excluding hydrogens is 358 g/mol. The third kappa shape index (κ3) is 4.27. The van der Waals surface area contributed by atoms with Crippen molar-refractivity contribution in [2.75, 3.05) is 5.32 Å². The highest BCUT2D eigenvalue weighted by molar-refractivity contribution is 7.22. The molecule has 0 amide bonds. The van der Waals surface area contributed by atoms with Gasteiger partial charge in [-0.1, -0.05) is 30.6 Å². The number of fused-ring (bicyclic) bond motifs is 1. The fourth-order valence-corrected chi connectivity index (χ4v) is 4.66. The molecule has 1 atom stereocenters. The molecule has 1 aliphatic carbocycles. The lowest BCUT2D eigenvalue weighted by Gasteiger charge is -2.28. The fourth-order valence-electron chi connectivity index (χ4n) is 3.67. The summed E-state index contributed by atoms with van der Waals surface area (Å²) in [5.41, 5.74) is 1.32. The second-order valence-corrected chi connectivity index (χ2v) is 8.15. The number of pyridine rings is 1. The lowest BCUT2D eigenvalue weighted by molar-refractivity contribution is 0.111. The molecule has 2 aromatic heterocycles. The summed E-state index contributed by atoms with van der Waals surface area (Å²) in [4.78, 5) is 19.5. The van der Waals surface area contributed by atoms with E-state index in [1.165, 1.54) is 32.1 Å². The highest BCUT2D eigenvalue weighted by atomic mass is 32.1. The molecule has 4 rings (SSSR count). The number of rotatable bonds is 6. The summed E-state index contributed by atoms with van der Waals surface area (Å²) in [5, 5.41) is 4.57. The summed E-state index contributed by atoms with van der Waals surface area (Å²) < 4.78 is 6.95. The van der Waals surface area contributed by atoms with Gasteiger partial charge in [0.25, 0.3) is 0 Å². The van der Waals surface area contributed by atoms with Gasteiger partial charge in [0, 0.05) is 24.4 Å². The minimum Gasteiger partial charge on any atom is -0.457 e. The first-order valence-electron chi connectivity index (χ1n) is 9.47. The van der Waals surface area contributed by atoms with Crippen molar-refractivity contribution in [3.8, 4) is 11.5 Å². The molecule has 1 fully saturated rings. The van der Waals surface area contributed by atoms with E-state index in [-0.39, 0.29) is 0 Å². The van der Waals surface area contributed by atoms with Crippen molar-refractivity contribution in [3.05, 3.63) is 42.2 Å². The first kappa shape index (κ1) is 17.9. The zero-order chi connectivity index (χ0) is 18.6. The van der Waals surface area contributed by atoms with Gasteiger partial charge >= 0.3 is 0 Å². The number of carbonyl (C=O) groups excluding carboxylic acids is 1. The largest absolute Gasteiger partial charge is 0.457 e. The van der Waals surface area contributed by atoms with Crippen LogP contribution < -0.4 is 10.1 Å². The van der Waals surface area contributed by atoms with Crippen LogP contribution in [0.3, 0.4) is 0 Å². The molecule has 0 radical (unpaired) electrons. The van der Waals surface area contributed by atoms with Crippen LogP contribution in [0.15, 0.2) is 36.5 Å². The van der Waals surface area contributed by atoms with Gasteiger partial charge in [-0.05, 0) is 43.9 Å². The molecule has 1 aromatic carbocycles. The van der Waals surface area contributed by atoms with E-state index in [1.54, 1.807) is 29.7 Å². The van der Waals surface area contributed by atoms with Gasteiger partial charge in [0.05, 0.1) is 10.2 Å². The summed E-state index contributed by atoms with van der Waals surface area (Å²) >= 11 is 1.65. The average molecular weight is 382 g/mol. The van der Waals surface area contributed by atoms with E-state index in [9.17, 15) is 4.79 Å². The number of benzene rings is 1. The van der Waals surface area contributed by atoms with Gasteiger partial charge in [0.15, 0.2) is 11.4 Å². The third-order valence-corrected chi connectivity index (χ3v) is 6.13. The van der Waals surface area contributed by atoms with Gasteiger partial charge < -0.3 is 10.1 Å². The van der Waals surface area contributed by atoms with Crippen molar-refractivity contribution in [2.45, 2.75) is 45.1 Å². The number of anilines is 1. The van der Waals surface area contributed by atoms with Crippen LogP contribution in [-0.2, 0) is 0 Å². The quantitative estimate of drug-likeness (QED) is 0.557. The van der Waals surface area contributed by atoms with Crippen molar-refractivity contribution in [3.63, 3.8) is 0 Å². The van der Waals surface area contributed by atoms with Crippen LogP contribution >= 0.6 is 11.3 Å². The van der Waals surface area contributed by atoms with Crippen LogP contribution in [0.2, 0.25) is 0 Å². The summed E-state index contributed by atoms with van der Waals surface area (Å²) in [6, 6.07) is 9.67. The van der Waals surface area contributed by atoms with Gasteiger partial charge in [-0.2, -0.15) is 0 Å². The number of carbonyl (C=O) groups is 1. The first-order valence-corrected chi connectivity index (χ1v) is 10.3. The number of aromatic nitrogens is 2. The number of nitrogens with zero attached hydrogens (tertiary/aromatic N) is 2. The Morgan fingerprint density at radius 1 is 1.19 bits per heavy atom. The zero-order valence-corrected chi connectivity index (χ0v) is 16.2. The van der Waals surface area contributed by atoms with E-state index >= 15 is 0 Å². The first-order chi connectivity index (χ1) is 13.2. The Morgan fingerprint density at radius 3 is 2.81 bits per heavy atom. The number of hydrogen-bond acceptors (Lipinski definition) is 6. The normalized spacial score (nSPS) is 16.2. The Labute approximate surface area is 162 Å². The van der Waals surface area contributed by atoms with Crippen LogP contribution in [0, 0.1) is 5.92 Å². The molecule has 1 aliphatic rings. The maximum Gasteiger partial charge on any atom is 0.184 e. The number of aldehydes is 1. The Balaban J connectivity index is 1.48. The van der Waals surface area contributed by atoms with E-state index in [2.05, 4.69) is 17.2 Å². The third-order valence-electron chi connectivity index (χ3n) is 5.18. The summed E-state index contributed by atoms with van der Waals surface area (Å²) in [5.74, 6) is 2.06. The predicted molar refractivity (Wildman–Crippen MR) is 109 cm³/mol. The number of nitrogens with one attached hydrogen (secondary N) is 1. The number of ether oxygens (including phenoxy) is 1. The minimum absolute atomic E-state index is 0.356. The van der Waals surface area contributed by atoms with Crippen molar-refractivity contribution in [2.24, 2.45) is 5.92 Å². The van der Waals surface area contributed by atoms with Gasteiger partial charge in [0.1, 0.15) is 17.2 Å². The Morgan fingerprint density at radius 2 is 2.00 bits per heavy atom. The maximum atomic E-state index is 10.9. The van der Waals surface area contributed by atoms with Crippen molar-refractivity contribution >= 4 is 33.0 Å². The SMILES string of the molecule is CC(Nc1nc2ccc(Oc3ccnc(C=O)c3)cc2s1)C1CCCCC1. The van der Waals surface area contributed by atoms with Crippen LogP contribution in [0.25, 0.3) is 10.2 Å². The molecule has 2 heterocycles. The van der Waals surface area contributed by atoms with E-state index in [4.69, 9.17) is 9.72 Å².